The van der Waals surface area contributed by atoms with Crippen molar-refractivity contribution in [2.45, 2.75) is 45.9 Å². The van der Waals surface area contributed by atoms with Crippen molar-refractivity contribution in [1.82, 2.24) is 5.32 Å². The number of benzene rings is 1. The first-order chi connectivity index (χ1) is 8.99. The molecule has 0 aromatic heterocycles. The molecule has 0 spiro atoms. The highest BCUT2D eigenvalue weighted by atomic mass is 16.5. The van der Waals surface area contributed by atoms with Crippen LogP contribution in [-0.2, 0) is 11.3 Å². The minimum Gasteiger partial charge on any atom is -0.445 e. The summed E-state index contributed by atoms with van der Waals surface area (Å²) < 4.78 is 5.09. The molecule has 0 aliphatic heterocycles. The molecule has 19 heavy (non-hydrogen) atoms. The molecule has 1 aromatic rings. The highest BCUT2D eigenvalue weighted by molar-refractivity contribution is 5.67. The molecule has 0 radical (unpaired) electrons. The van der Waals surface area contributed by atoms with Crippen LogP contribution in [0.3, 0.4) is 0 Å². The van der Waals surface area contributed by atoms with Gasteiger partial charge in [0.15, 0.2) is 0 Å². The molecule has 2 unspecified atom stereocenters. The van der Waals surface area contributed by atoms with E-state index in [1.807, 2.05) is 44.2 Å². The van der Waals surface area contributed by atoms with Gasteiger partial charge in [-0.15, -0.1) is 0 Å². The molecule has 1 amide bonds. The first-order valence-electron chi connectivity index (χ1n) is 6.64. The van der Waals surface area contributed by atoms with Crippen LogP contribution in [0.2, 0.25) is 0 Å². The molecule has 0 aliphatic rings. The predicted molar refractivity (Wildman–Crippen MR) is 74.7 cm³/mol. The lowest BCUT2D eigenvalue weighted by molar-refractivity contribution is 0.0942. The van der Waals surface area contributed by atoms with Crippen molar-refractivity contribution in [3.63, 3.8) is 0 Å². The Morgan fingerprint density at radius 2 is 1.89 bits per heavy atom. The van der Waals surface area contributed by atoms with Crippen LogP contribution in [0.25, 0.3) is 0 Å². The number of amides is 1. The van der Waals surface area contributed by atoms with Crippen molar-refractivity contribution in [2.75, 3.05) is 0 Å². The van der Waals surface area contributed by atoms with Gasteiger partial charge in [-0.2, -0.15) is 0 Å². The number of aliphatic hydroxyl groups is 1. The molecule has 1 aromatic carbocycles. The van der Waals surface area contributed by atoms with Crippen LogP contribution in [0.5, 0.6) is 0 Å². The number of carbonyl (C=O) groups excluding carboxylic acids is 1. The number of alkyl carbamates (subject to hydrolysis) is 1. The van der Waals surface area contributed by atoms with Gasteiger partial charge in [-0.1, -0.05) is 44.2 Å². The Morgan fingerprint density at radius 3 is 2.47 bits per heavy atom. The normalized spacial score (nSPS) is 13.9. The Labute approximate surface area is 114 Å². The van der Waals surface area contributed by atoms with E-state index in [0.29, 0.717) is 12.3 Å². The second kappa shape index (κ2) is 7.79. The highest BCUT2D eigenvalue weighted by Crippen LogP contribution is 2.08. The van der Waals surface area contributed by atoms with Gasteiger partial charge in [0, 0.05) is 0 Å². The minimum absolute atomic E-state index is 0.236. The van der Waals surface area contributed by atoms with E-state index < -0.39 is 12.2 Å². The quantitative estimate of drug-likeness (QED) is 0.831. The van der Waals surface area contributed by atoms with Crippen LogP contribution in [0.15, 0.2) is 30.3 Å². The summed E-state index contributed by atoms with van der Waals surface area (Å²) in [5.74, 6) is 0.389. The Morgan fingerprint density at radius 1 is 1.26 bits per heavy atom. The van der Waals surface area contributed by atoms with Gasteiger partial charge in [-0.3, -0.25) is 0 Å². The Bertz CT molecular complexity index is 378. The molecule has 106 valence electrons. The molecule has 0 saturated carbocycles. The summed E-state index contributed by atoms with van der Waals surface area (Å²) in [7, 11) is 0. The fraction of sp³-hybridized carbons (Fsp3) is 0.533. The monoisotopic (exact) mass is 265 g/mol. The van der Waals surface area contributed by atoms with E-state index in [4.69, 9.17) is 4.74 Å². The van der Waals surface area contributed by atoms with Crippen LogP contribution in [0, 0.1) is 5.92 Å². The molecular weight excluding hydrogens is 242 g/mol. The summed E-state index contributed by atoms with van der Waals surface area (Å²) in [6.07, 6.45) is -0.399. The average Bonchev–Trinajstić information content (AvgIpc) is 2.36. The van der Waals surface area contributed by atoms with E-state index >= 15 is 0 Å². The van der Waals surface area contributed by atoms with Gasteiger partial charge in [0.2, 0.25) is 0 Å². The van der Waals surface area contributed by atoms with Gasteiger partial charge in [-0.05, 0) is 24.8 Å². The van der Waals surface area contributed by atoms with Crippen molar-refractivity contribution >= 4 is 6.09 Å². The maximum atomic E-state index is 11.6. The maximum Gasteiger partial charge on any atom is 0.407 e. The molecule has 1 rings (SSSR count). The predicted octanol–water partition coefficient (Wildman–Crippen LogP) is 2.71. The molecule has 4 nitrogen and oxygen atoms in total. The topological polar surface area (TPSA) is 58.6 Å². The SMILES string of the molecule is CC(C)CC(O)C(C)NC(=O)OCc1ccccc1. The Hall–Kier alpha value is -1.55. The highest BCUT2D eigenvalue weighted by Gasteiger charge is 2.18. The van der Waals surface area contributed by atoms with Crippen LogP contribution >= 0.6 is 0 Å². The lowest BCUT2D eigenvalue weighted by Crippen LogP contribution is -2.41. The lowest BCUT2D eigenvalue weighted by Gasteiger charge is -2.21. The second-order valence-electron chi connectivity index (χ2n) is 5.19. The summed E-state index contributed by atoms with van der Waals surface area (Å²) in [6, 6.07) is 9.17. The zero-order valence-corrected chi connectivity index (χ0v) is 11.8. The molecule has 0 fully saturated rings. The van der Waals surface area contributed by atoms with E-state index in [0.717, 1.165) is 5.56 Å². The largest absolute Gasteiger partial charge is 0.445 e. The van der Waals surface area contributed by atoms with E-state index in [9.17, 15) is 9.90 Å². The minimum atomic E-state index is -0.552. The smallest absolute Gasteiger partial charge is 0.407 e. The van der Waals surface area contributed by atoms with Gasteiger partial charge >= 0.3 is 6.09 Å². The maximum absolute atomic E-state index is 11.6. The lowest BCUT2D eigenvalue weighted by atomic mass is 10.0. The standard InChI is InChI=1S/C15H23NO3/c1-11(2)9-14(17)12(3)16-15(18)19-10-13-7-5-4-6-8-13/h4-8,11-12,14,17H,9-10H2,1-3H3,(H,16,18). The third-order valence-corrected chi connectivity index (χ3v) is 2.85. The number of aliphatic hydroxyl groups excluding tert-OH is 1. The molecule has 4 heteroatoms. The van der Waals surface area contributed by atoms with Crippen molar-refractivity contribution in [3.8, 4) is 0 Å². The summed E-state index contributed by atoms with van der Waals surface area (Å²) in [4.78, 5) is 11.6. The average molecular weight is 265 g/mol. The van der Waals surface area contributed by atoms with Crippen LogP contribution in [-0.4, -0.2) is 23.3 Å². The second-order valence-corrected chi connectivity index (χ2v) is 5.19. The first-order valence-corrected chi connectivity index (χ1v) is 6.64. The van der Waals surface area contributed by atoms with Gasteiger partial charge in [0.1, 0.15) is 6.61 Å². The summed E-state index contributed by atoms with van der Waals surface area (Å²) in [5, 5.41) is 12.5. The van der Waals surface area contributed by atoms with Crippen LogP contribution in [0.1, 0.15) is 32.8 Å². The van der Waals surface area contributed by atoms with E-state index in [1.165, 1.54) is 0 Å². The van der Waals surface area contributed by atoms with Gasteiger partial charge in [0.25, 0.3) is 0 Å². The molecule has 2 N–H and O–H groups in total. The summed E-state index contributed by atoms with van der Waals surface area (Å²) in [6.45, 7) is 6.07. The van der Waals surface area contributed by atoms with Crippen molar-refractivity contribution < 1.29 is 14.6 Å². The van der Waals surface area contributed by atoms with E-state index in [-0.39, 0.29) is 12.6 Å². The van der Waals surface area contributed by atoms with Crippen molar-refractivity contribution in [3.05, 3.63) is 35.9 Å². The Balaban J connectivity index is 2.31. The molecule has 0 bridgehead atoms. The fourth-order valence-corrected chi connectivity index (χ4v) is 1.73. The van der Waals surface area contributed by atoms with E-state index in [1.54, 1.807) is 6.92 Å². The van der Waals surface area contributed by atoms with Crippen molar-refractivity contribution in [1.29, 1.82) is 0 Å². The van der Waals surface area contributed by atoms with Crippen LogP contribution in [0.4, 0.5) is 4.79 Å². The van der Waals surface area contributed by atoms with Gasteiger partial charge in [0.05, 0.1) is 12.1 Å². The van der Waals surface area contributed by atoms with Gasteiger partial charge in [-0.25, -0.2) is 4.79 Å². The Kier molecular flexibility index (Phi) is 6.36. The summed E-state index contributed by atoms with van der Waals surface area (Å²) >= 11 is 0. The molecule has 0 aliphatic carbocycles. The number of nitrogens with one attached hydrogen (secondary N) is 1. The van der Waals surface area contributed by atoms with E-state index in [2.05, 4.69) is 5.32 Å². The molecule has 0 heterocycles. The number of carbonyl (C=O) groups is 1. The number of hydrogen-bond acceptors (Lipinski definition) is 3. The summed E-state index contributed by atoms with van der Waals surface area (Å²) in [5.41, 5.74) is 0.938. The zero-order valence-electron chi connectivity index (χ0n) is 11.8. The molecule has 0 saturated heterocycles. The fourth-order valence-electron chi connectivity index (χ4n) is 1.73. The van der Waals surface area contributed by atoms with Crippen LogP contribution < -0.4 is 5.32 Å². The third kappa shape index (κ3) is 6.25. The third-order valence-electron chi connectivity index (χ3n) is 2.85. The zero-order chi connectivity index (χ0) is 14.3. The van der Waals surface area contributed by atoms with Crippen molar-refractivity contribution in [2.24, 2.45) is 5.92 Å². The molecular formula is C15H23NO3. The number of ether oxygens (including phenoxy) is 1. The number of rotatable bonds is 6. The molecule has 2 atom stereocenters. The van der Waals surface area contributed by atoms with Gasteiger partial charge < -0.3 is 15.2 Å². The number of hydrogen-bond donors (Lipinski definition) is 2. The first kappa shape index (κ1) is 15.5.